The van der Waals surface area contributed by atoms with Crippen LogP contribution < -0.4 is 4.74 Å². The fourth-order valence-corrected chi connectivity index (χ4v) is 2.78. The van der Waals surface area contributed by atoms with Crippen molar-refractivity contribution in [1.82, 2.24) is 9.97 Å². The Labute approximate surface area is 144 Å². The average molecular weight is 333 g/mol. The molecule has 4 rings (SSSR count). The Hall–Kier alpha value is -2.91. The predicted octanol–water partition coefficient (Wildman–Crippen LogP) is 5.74. The first-order chi connectivity index (χ1) is 11.8. The van der Waals surface area contributed by atoms with Crippen molar-refractivity contribution in [3.8, 4) is 22.8 Å². The Morgan fingerprint density at radius 3 is 2.58 bits per heavy atom. The first kappa shape index (κ1) is 14.7. The molecule has 2 heterocycles. The van der Waals surface area contributed by atoms with Crippen LogP contribution in [0.15, 0.2) is 79.1 Å². The summed E-state index contributed by atoms with van der Waals surface area (Å²) in [5.41, 5.74) is 2.80. The highest BCUT2D eigenvalue weighted by Gasteiger charge is 2.12. The summed E-state index contributed by atoms with van der Waals surface area (Å²) in [4.78, 5) is 8.62. The molecule has 0 spiro atoms. The van der Waals surface area contributed by atoms with E-state index in [-0.39, 0.29) is 0 Å². The Bertz CT molecular complexity index is 1000. The predicted molar refractivity (Wildman–Crippen MR) is 96.5 cm³/mol. The zero-order chi connectivity index (χ0) is 16.4. The number of hydrogen-bond acceptors (Lipinski definition) is 3. The number of pyridine rings is 2. The van der Waals surface area contributed by atoms with Crippen molar-refractivity contribution in [2.75, 3.05) is 0 Å². The lowest BCUT2D eigenvalue weighted by molar-refractivity contribution is 0.467. The van der Waals surface area contributed by atoms with Crippen molar-refractivity contribution in [1.29, 1.82) is 0 Å². The molecule has 116 valence electrons. The van der Waals surface area contributed by atoms with Crippen LogP contribution in [0.4, 0.5) is 0 Å². The molecule has 4 aromatic rings. The number of hydrogen-bond donors (Lipinski definition) is 0. The third-order valence-electron chi connectivity index (χ3n) is 3.72. The SMILES string of the molecule is Clc1cccc(-c2ccccc2)c1Oc1ccc2cnccc2n1. The minimum atomic E-state index is 0.499. The van der Waals surface area contributed by atoms with E-state index in [1.165, 1.54) is 0 Å². The zero-order valence-corrected chi connectivity index (χ0v) is 13.4. The fraction of sp³-hybridized carbons (Fsp3) is 0. The van der Waals surface area contributed by atoms with E-state index in [4.69, 9.17) is 16.3 Å². The number of nitrogens with zero attached hydrogens (tertiary/aromatic N) is 2. The van der Waals surface area contributed by atoms with Crippen LogP contribution in [-0.2, 0) is 0 Å². The van der Waals surface area contributed by atoms with Gasteiger partial charge in [0.25, 0.3) is 0 Å². The standard InChI is InChI=1S/C20H13ClN2O/c21-17-8-4-7-16(14-5-2-1-3-6-14)20(17)24-19-10-9-15-13-22-12-11-18(15)23-19/h1-13H. The third kappa shape index (κ3) is 2.82. The van der Waals surface area contributed by atoms with Gasteiger partial charge in [-0.05, 0) is 23.8 Å². The maximum absolute atomic E-state index is 6.38. The number of fused-ring (bicyclic) bond motifs is 1. The van der Waals surface area contributed by atoms with Gasteiger partial charge in [0.1, 0.15) is 0 Å². The van der Waals surface area contributed by atoms with E-state index in [9.17, 15) is 0 Å². The summed E-state index contributed by atoms with van der Waals surface area (Å²) >= 11 is 6.38. The largest absolute Gasteiger partial charge is 0.437 e. The zero-order valence-electron chi connectivity index (χ0n) is 12.7. The third-order valence-corrected chi connectivity index (χ3v) is 4.02. The Balaban J connectivity index is 1.78. The number of para-hydroxylation sites is 1. The summed E-state index contributed by atoms with van der Waals surface area (Å²) in [6.45, 7) is 0. The molecule has 0 amide bonds. The second-order valence-electron chi connectivity index (χ2n) is 5.30. The van der Waals surface area contributed by atoms with Gasteiger partial charge in [-0.1, -0.05) is 54.1 Å². The van der Waals surface area contributed by atoms with Crippen molar-refractivity contribution in [3.05, 3.63) is 84.1 Å². The van der Waals surface area contributed by atoms with Gasteiger partial charge in [-0.25, -0.2) is 4.98 Å². The fourth-order valence-electron chi connectivity index (χ4n) is 2.57. The molecule has 0 bridgehead atoms. The van der Waals surface area contributed by atoms with E-state index in [0.29, 0.717) is 16.7 Å². The lowest BCUT2D eigenvalue weighted by atomic mass is 10.0. The first-order valence-corrected chi connectivity index (χ1v) is 7.91. The normalized spacial score (nSPS) is 10.7. The van der Waals surface area contributed by atoms with Gasteiger partial charge >= 0.3 is 0 Å². The monoisotopic (exact) mass is 332 g/mol. The molecular formula is C20H13ClN2O. The minimum Gasteiger partial charge on any atom is -0.437 e. The highest BCUT2D eigenvalue weighted by molar-refractivity contribution is 6.32. The molecule has 2 aromatic heterocycles. The van der Waals surface area contributed by atoms with E-state index in [2.05, 4.69) is 9.97 Å². The topological polar surface area (TPSA) is 35.0 Å². The van der Waals surface area contributed by atoms with Gasteiger partial charge in [0.2, 0.25) is 5.88 Å². The number of halogens is 1. The number of rotatable bonds is 3. The Morgan fingerprint density at radius 2 is 1.71 bits per heavy atom. The molecule has 3 nitrogen and oxygen atoms in total. The summed E-state index contributed by atoms with van der Waals surface area (Å²) in [7, 11) is 0. The Kier molecular flexibility index (Phi) is 3.85. The molecule has 0 N–H and O–H groups in total. The summed E-state index contributed by atoms with van der Waals surface area (Å²) < 4.78 is 6.04. The highest BCUT2D eigenvalue weighted by Crippen LogP contribution is 2.38. The van der Waals surface area contributed by atoms with Crippen LogP contribution in [0.25, 0.3) is 22.0 Å². The lowest BCUT2D eigenvalue weighted by Crippen LogP contribution is -1.92. The summed E-state index contributed by atoms with van der Waals surface area (Å²) in [6.07, 6.45) is 3.49. The average Bonchev–Trinajstić information content (AvgIpc) is 2.64. The Morgan fingerprint density at radius 1 is 0.833 bits per heavy atom. The van der Waals surface area contributed by atoms with Crippen LogP contribution in [0.1, 0.15) is 0 Å². The van der Waals surface area contributed by atoms with Crippen LogP contribution in [0.2, 0.25) is 5.02 Å². The van der Waals surface area contributed by atoms with Crippen molar-refractivity contribution < 1.29 is 4.74 Å². The van der Waals surface area contributed by atoms with Crippen LogP contribution in [0, 0.1) is 0 Å². The van der Waals surface area contributed by atoms with E-state index in [0.717, 1.165) is 22.0 Å². The van der Waals surface area contributed by atoms with Gasteiger partial charge in [0, 0.05) is 29.4 Å². The number of aromatic nitrogens is 2. The molecule has 0 saturated carbocycles. The summed E-state index contributed by atoms with van der Waals surface area (Å²) in [5.74, 6) is 1.10. The van der Waals surface area contributed by atoms with Crippen LogP contribution in [0.5, 0.6) is 11.6 Å². The molecule has 0 atom stereocenters. The van der Waals surface area contributed by atoms with E-state index in [1.54, 1.807) is 12.4 Å². The van der Waals surface area contributed by atoms with Gasteiger partial charge in [0.15, 0.2) is 5.75 Å². The van der Waals surface area contributed by atoms with E-state index >= 15 is 0 Å². The smallest absolute Gasteiger partial charge is 0.219 e. The van der Waals surface area contributed by atoms with Crippen molar-refractivity contribution in [2.24, 2.45) is 0 Å². The molecule has 0 aliphatic rings. The van der Waals surface area contributed by atoms with Gasteiger partial charge < -0.3 is 4.74 Å². The molecule has 0 saturated heterocycles. The molecule has 0 unspecified atom stereocenters. The molecule has 0 aliphatic heterocycles. The van der Waals surface area contributed by atoms with Gasteiger partial charge in [-0.3, -0.25) is 4.98 Å². The number of benzene rings is 2. The van der Waals surface area contributed by atoms with Gasteiger partial charge in [-0.2, -0.15) is 0 Å². The maximum Gasteiger partial charge on any atom is 0.219 e. The van der Waals surface area contributed by atoms with Crippen molar-refractivity contribution in [2.45, 2.75) is 0 Å². The van der Waals surface area contributed by atoms with E-state index in [1.807, 2.05) is 66.7 Å². The summed E-state index contributed by atoms with van der Waals surface area (Å²) in [6, 6.07) is 21.3. The van der Waals surface area contributed by atoms with Gasteiger partial charge in [-0.15, -0.1) is 0 Å². The summed E-state index contributed by atoms with van der Waals surface area (Å²) in [5, 5.41) is 1.51. The molecular weight excluding hydrogens is 320 g/mol. The van der Waals surface area contributed by atoms with Crippen LogP contribution >= 0.6 is 11.6 Å². The molecule has 0 aliphatic carbocycles. The molecule has 4 heteroatoms. The molecule has 0 radical (unpaired) electrons. The second-order valence-corrected chi connectivity index (χ2v) is 5.71. The van der Waals surface area contributed by atoms with Crippen LogP contribution in [0.3, 0.4) is 0 Å². The quantitative estimate of drug-likeness (QED) is 0.479. The second kappa shape index (κ2) is 6.30. The van der Waals surface area contributed by atoms with Crippen LogP contribution in [-0.4, -0.2) is 9.97 Å². The van der Waals surface area contributed by atoms with Gasteiger partial charge in [0.05, 0.1) is 10.5 Å². The van der Waals surface area contributed by atoms with E-state index < -0.39 is 0 Å². The lowest BCUT2D eigenvalue weighted by Gasteiger charge is -2.13. The molecule has 2 aromatic carbocycles. The maximum atomic E-state index is 6.38. The first-order valence-electron chi connectivity index (χ1n) is 7.54. The molecule has 24 heavy (non-hydrogen) atoms. The molecule has 0 fully saturated rings. The number of ether oxygens (including phenoxy) is 1. The van der Waals surface area contributed by atoms with Crippen molar-refractivity contribution >= 4 is 22.5 Å². The van der Waals surface area contributed by atoms with Crippen molar-refractivity contribution in [3.63, 3.8) is 0 Å². The minimum absolute atomic E-state index is 0.499. The highest BCUT2D eigenvalue weighted by atomic mass is 35.5.